The van der Waals surface area contributed by atoms with Crippen LogP contribution in [0.2, 0.25) is 0 Å². The monoisotopic (exact) mass is 345 g/mol. The summed E-state index contributed by atoms with van der Waals surface area (Å²) in [5, 5.41) is 0. The third-order valence-electron chi connectivity index (χ3n) is 6.60. The molecule has 25 heavy (non-hydrogen) atoms. The molecule has 136 valence electrons. The van der Waals surface area contributed by atoms with Gasteiger partial charge in [0.25, 0.3) is 0 Å². The molecule has 3 nitrogen and oxygen atoms in total. The number of carbonyl (C=O) groups is 1. The van der Waals surface area contributed by atoms with Gasteiger partial charge in [0.2, 0.25) is 0 Å². The molecule has 3 fully saturated rings. The fraction of sp³-hybridized carbons (Fsp3) is 0.667. The zero-order chi connectivity index (χ0) is 17.4. The highest BCUT2D eigenvalue weighted by atomic mass is 19.1. The Labute approximate surface area is 149 Å². The molecule has 0 aromatic heterocycles. The van der Waals surface area contributed by atoms with Gasteiger partial charge in [0.15, 0.2) is 5.78 Å². The maximum atomic E-state index is 13.1. The lowest BCUT2D eigenvalue weighted by Crippen LogP contribution is -2.53. The van der Waals surface area contributed by atoms with Gasteiger partial charge in [-0.3, -0.25) is 9.69 Å². The first-order valence-corrected chi connectivity index (χ1v) is 9.73. The van der Waals surface area contributed by atoms with E-state index in [1.807, 2.05) is 12.1 Å². The molecular formula is C21H28FNO2. The Balaban J connectivity index is 1.31. The largest absolute Gasteiger partial charge is 0.365 e. The topological polar surface area (TPSA) is 29.5 Å². The van der Waals surface area contributed by atoms with E-state index in [1.165, 1.54) is 5.56 Å². The van der Waals surface area contributed by atoms with E-state index in [1.54, 1.807) is 19.1 Å². The van der Waals surface area contributed by atoms with E-state index in [4.69, 9.17) is 4.74 Å². The number of likely N-dealkylation sites (tertiary alicyclic amines) is 1. The number of Topliss-reactive ketones (excluding diaryl/α,β-unsaturated/α-hetero) is 1. The fourth-order valence-electron chi connectivity index (χ4n) is 4.84. The molecule has 0 amide bonds. The molecule has 3 aliphatic rings. The van der Waals surface area contributed by atoms with Gasteiger partial charge in [-0.25, -0.2) is 4.39 Å². The third-order valence-corrected chi connectivity index (χ3v) is 6.60. The van der Waals surface area contributed by atoms with Crippen molar-refractivity contribution in [3.05, 3.63) is 35.6 Å². The van der Waals surface area contributed by atoms with Crippen LogP contribution < -0.4 is 0 Å². The number of nitrogens with zero attached hydrogens (tertiary/aromatic N) is 1. The molecule has 4 rings (SSSR count). The van der Waals surface area contributed by atoms with Crippen LogP contribution in [0, 0.1) is 11.7 Å². The van der Waals surface area contributed by atoms with Crippen LogP contribution >= 0.6 is 0 Å². The van der Waals surface area contributed by atoms with Crippen molar-refractivity contribution in [3.63, 3.8) is 0 Å². The molecule has 0 spiro atoms. The molecule has 2 aliphatic heterocycles. The summed E-state index contributed by atoms with van der Waals surface area (Å²) in [4.78, 5) is 14.7. The second-order valence-electron chi connectivity index (χ2n) is 8.09. The maximum absolute atomic E-state index is 13.1. The minimum absolute atomic E-state index is 0.162. The van der Waals surface area contributed by atoms with Crippen molar-refractivity contribution in [2.24, 2.45) is 5.92 Å². The molecule has 2 heterocycles. The van der Waals surface area contributed by atoms with Gasteiger partial charge in [-0.1, -0.05) is 12.1 Å². The van der Waals surface area contributed by atoms with E-state index >= 15 is 0 Å². The summed E-state index contributed by atoms with van der Waals surface area (Å²) >= 11 is 0. The maximum Gasteiger partial charge on any atom is 0.161 e. The zero-order valence-electron chi connectivity index (χ0n) is 15.0. The molecule has 2 saturated heterocycles. The summed E-state index contributed by atoms with van der Waals surface area (Å²) in [7, 11) is 0. The van der Waals surface area contributed by atoms with Crippen molar-refractivity contribution in [1.82, 2.24) is 4.90 Å². The number of hydrogen-bond donors (Lipinski definition) is 0. The Bertz CT molecular complexity index is 609. The van der Waals surface area contributed by atoms with Crippen LogP contribution in [-0.4, -0.2) is 42.0 Å². The van der Waals surface area contributed by atoms with Crippen molar-refractivity contribution in [1.29, 1.82) is 0 Å². The fourth-order valence-corrected chi connectivity index (χ4v) is 4.84. The number of benzene rings is 1. The minimum Gasteiger partial charge on any atom is -0.365 e. The Kier molecular flexibility index (Phi) is 4.67. The predicted octanol–water partition coefficient (Wildman–Crippen LogP) is 3.92. The summed E-state index contributed by atoms with van der Waals surface area (Å²) in [6, 6.07) is 7.43. The highest BCUT2D eigenvalue weighted by Gasteiger charge is 2.52. The average molecular weight is 345 g/mol. The lowest BCUT2D eigenvalue weighted by Gasteiger charge is -2.44. The number of halogens is 1. The Morgan fingerprint density at radius 1 is 1.12 bits per heavy atom. The van der Waals surface area contributed by atoms with E-state index in [2.05, 4.69) is 4.90 Å². The molecule has 4 heteroatoms. The highest BCUT2D eigenvalue weighted by Crippen LogP contribution is 2.47. The van der Waals surface area contributed by atoms with Gasteiger partial charge in [0.1, 0.15) is 11.4 Å². The third kappa shape index (κ3) is 3.39. The predicted molar refractivity (Wildman–Crippen MR) is 95.1 cm³/mol. The van der Waals surface area contributed by atoms with Gasteiger partial charge in [0, 0.05) is 6.04 Å². The molecule has 0 unspecified atom stereocenters. The smallest absolute Gasteiger partial charge is 0.161 e. The van der Waals surface area contributed by atoms with Gasteiger partial charge in [-0.05, 0) is 88.1 Å². The van der Waals surface area contributed by atoms with Crippen LogP contribution in [0.5, 0.6) is 0 Å². The summed E-state index contributed by atoms with van der Waals surface area (Å²) < 4.78 is 19.3. The SMILES string of the molecule is CC(=O)[C@@]1(C2CC2)CC[C@@H](N2CCC(c3ccc(F)cc3)CC2)CO1. The van der Waals surface area contributed by atoms with E-state index in [0.29, 0.717) is 24.5 Å². The second kappa shape index (κ2) is 6.81. The molecule has 0 N–H and O–H groups in total. The first-order valence-electron chi connectivity index (χ1n) is 9.73. The van der Waals surface area contributed by atoms with Gasteiger partial charge in [-0.15, -0.1) is 0 Å². The Hall–Kier alpha value is -1.26. The van der Waals surface area contributed by atoms with Gasteiger partial charge < -0.3 is 4.74 Å². The molecule has 1 saturated carbocycles. The normalized spacial score (nSPS) is 31.8. The van der Waals surface area contributed by atoms with E-state index in [9.17, 15) is 9.18 Å². The van der Waals surface area contributed by atoms with E-state index < -0.39 is 5.60 Å². The number of carbonyl (C=O) groups excluding carboxylic acids is 1. The lowest BCUT2D eigenvalue weighted by atomic mass is 9.83. The van der Waals surface area contributed by atoms with Crippen LogP contribution in [-0.2, 0) is 9.53 Å². The molecule has 2 atom stereocenters. The molecule has 0 radical (unpaired) electrons. The first-order chi connectivity index (χ1) is 12.1. The highest BCUT2D eigenvalue weighted by molar-refractivity contribution is 5.86. The summed E-state index contributed by atoms with van der Waals surface area (Å²) in [5.74, 6) is 1.06. The zero-order valence-corrected chi connectivity index (χ0v) is 15.0. The van der Waals surface area contributed by atoms with Crippen molar-refractivity contribution in [3.8, 4) is 0 Å². The van der Waals surface area contributed by atoms with Crippen molar-refractivity contribution < 1.29 is 13.9 Å². The van der Waals surface area contributed by atoms with Gasteiger partial charge >= 0.3 is 0 Å². The Morgan fingerprint density at radius 3 is 2.32 bits per heavy atom. The second-order valence-corrected chi connectivity index (χ2v) is 8.09. The van der Waals surface area contributed by atoms with Gasteiger partial charge in [0.05, 0.1) is 6.61 Å². The van der Waals surface area contributed by atoms with Crippen LogP contribution in [0.3, 0.4) is 0 Å². The molecule has 1 aliphatic carbocycles. The number of piperidine rings is 1. The minimum atomic E-state index is -0.469. The van der Waals surface area contributed by atoms with Gasteiger partial charge in [-0.2, -0.15) is 0 Å². The van der Waals surface area contributed by atoms with E-state index in [0.717, 1.165) is 51.6 Å². The molecular weight excluding hydrogens is 317 g/mol. The van der Waals surface area contributed by atoms with Crippen LogP contribution in [0.15, 0.2) is 24.3 Å². The van der Waals surface area contributed by atoms with Crippen LogP contribution in [0.4, 0.5) is 4.39 Å². The number of ketones is 1. The van der Waals surface area contributed by atoms with Crippen molar-refractivity contribution in [2.45, 2.75) is 63.0 Å². The summed E-state index contributed by atoms with van der Waals surface area (Å²) in [5.41, 5.74) is 0.786. The molecule has 1 aromatic rings. The first kappa shape index (κ1) is 17.2. The van der Waals surface area contributed by atoms with Crippen molar-refractivity contribution in [2.75, 3.05) is 19.7 Å². The van der Waals surface area contributed by atoms with Crippen molar-refractivity contribution >= 4 is 5.78 Å². The average Bonchev–Trinajstić information content (AvgIpc) is 3.48. The van der Waals surface area contributed by atoms with E-state index in [-0.39, 0.29) is 11.6 Å². The Morgan fingerprint density at radius 2 is 1.80 bits per heavy atom. The lowest BCUT2D eigenvalue weighted by molar-refractivity contribution is -0.160. The summed E-state index contributed by atoms with van der Waals surface area (Å²) in [6.45, 7) is 4.52. The quantitative estimate of drug-likeness (QED) is 0.828. The molecule has 1 aromatic carbocycles. The number of rotatable bonds is 4. The van der Waals surface area contributed by atoms with Crippen LogP contribution in [0.1, 0.15) is 56.9 Å². The standard InChI is InChI=1S/C21H28FNO2/c1-15(24)21(18-4-5-18)11-8-20(14-25-21)23-12-9-17(10-13-23)16-2-6-19(22)7-3-16/h2-3,6-7,17-18,20H,4-5,8-14H2,1H3/t20-,21-/m1/s1. The molecule has 0 bridgehead atoms. The van der Waals surface area contributed by atoms with Crippen LogP contribution in [0.25, 0.3) is 0 Å². The number of ether oxygens (including phenoxy) is 1. The summed E-state index contributed by atoms with van der Waals surface area (Å²) in [6.07, 6.45) is 6.47. The number of hydrogen-bond acceptors (Lipinski definition) is 3.